The van der Waals surface area contributed by atoms with Gasteiger partial charge in [0.1, 0.15) is 0 Å². The van der Waals surface area contributed by atoms with Crippen LogP contribution in [0.3, 0.4) is 0 Å². The van der Waals surface area contributed by atoms with Gasteiger partial charge in [0.25, 0.3) is 0 Å². The van der Waals surface area contributed by atoms with Gasteiger partial charge in [-0.05, 0) is 70.5 Å². The predicted molar refractivity (Wildman–Crippen MR) is 124 cm³/mol. The fourth-order valence-electron chi connectivity index (χ4n) is 4.86. The molecule has 1 aromatic heterocycles. The number of rotatable bonds is 4. The molecule has 4 nitrogen and oxygen atoms in total. The molecule has 4 rings (SSSR count). The minimum absolute atomic E-state index is 0.103. The van der Waals surface area contributed by atoms with Gasteiger partial charge in [0, 0.05) is 24.6 Å². The van der Waals surface area contributed by atoms with Crippen LogP contribution in [-0.2, 0) is 27.0 Å². The maximum absolute atomic E-state index is 11.9. The van der Waals surface area contributed by atoms with E-state index in [-0.39, 0.29) is 22.6 Å². The minimum Gasteiger partial charge on any atom is -0.278 e. The Morgan fingerprint density at radius 1 is 1.00 bits per heavy atom. The third kappa shape index (κ3) is 3.84. The van der Waals surface area contributed by atoms with E-state index in [4.69, 9.17) is 0 Å². The summed E-state index contributed by atoms with van der Waals surface area (Å²) >= 11 is 0. The van der Waals surface area contributed by atoms with E-state index in [0.29, 0.717) is 19.4 Å². The van der Waals surface area contributed by atoms with Crippen molar-refractivity contribution in [1.29, 1.82) is 0 Å². The van der Waals surface area contributed by atoms with Crippen molar-refractivity contribution in [3.05, 3.63) is 70.6 Å². The van der Waals surface area contributed by atoms with Gasteiger partial charge in [-0.3, -0.25) is 19.5 Å². The molecule has 1 aliphatic carbocycles. The Bertz CT molecular complexity index is 1060. The van der Waals surface area contributed by atoms with Crippen LogP contribution in [0.4, 0.5) is 0 Å². The summed E-state index contributed by atoms with van der Waals surface area (Å²) in [7, 11) is 0. The van der Waals surface area contributed by atoms with Crippen LogP contribution in [0, 0.1) is 6.92 Å². The number of hydrogen-bond acceptors (Lipinski definition) is 3. The molecule has 2 aromatic rings. The van der Waals surface area contributed by atoms with Crippen LogP contribution in [0.2, 0.25) is 0 Å². The number of aryl methyl sites for hydroxylation is 1. The average Bonchev–Trinajstić information content (AvgIpc) is 3.03. The molecule has 0 spiro atoms. The van der Waals surface area contributed by atoms with Gasteiger partial charge in [-0.1, -0.05) is 46.4 Å². The second kappa shape index (κ2) is 7.44. The molecule has 4 heteroatoms. The molecular formula is C27H32N2O2. The SMILES string of the molecule is C=C(c1ccc(CN2C(=O)CCC2=O)cn1)c1cc2c(cc1C)C(C)(C)CCC2(C)C. The molecule has 2 amide bonds. The number of aromatic nitrogens is 1. The fraction of sp³-hybridized carbons (Fsp3) is 0.444. The molecule has 1 fully saturated rings. The van der Waals surface area contributed by atoms with Gasteiger partial charge in [-0.25, -0.2) is 0 Å². The first-order valence-electron chi connectivity index (χ1n) is 11.1. The molecule has 0 radical (unpaired) electrons. The number of pyridine rings is 1. The van der Waals surface area contributed by atoms with Crippen molar-refractivity contribution in [2.75, 3.05) is 0 Å². The Morgan fingerprint density at radius 3 is 2.13 bits per heavy atom. The predicted octanol–water partition coefficient (Wildman–Crippen LogP) is 5.45. The lowest BCUT2D eigenvalue weighted by Gasteiger charge is -2.42. The molecule has 0 atom stereocenters. The number of fused-ring (bicyclic) bond motifs is 1. The van der Waals surface area contributed by atoms with Crippen molar-refractivity contribution < 1.29 is 9.59 Å². The maximum atomic E-state index is 11.9. The first-order chi connectivity index (χ1) is 14.5. The maximum Gasteiger partial charge on any atom is 0.229 e. The standard InChI is InChI=1S/C27H32N2O2/c1-17-13-21-22(27(5,6)12-11-26(21,3)4)14-20(17)18(2)23-8-7-19(15-28-23)16-29-24(30)9-10-25(29)31/h7-8,13-15H,2,9-12,16H2,1,3-6H3. The Kier molecular flexibility index (Phi) is 5.15. The molecule has 2 heterocycles. The summed E-state index contributed by atoms with van der Waals surface area (Å²) in [6.45, 7) is 16.1. The monoisotopic (exact) mass is 416 g/mol. The molecule has 0 saturated carbocycles. The number of imide groups is 1. The molecule has 1 aromatic carbocycles. The van der Waals surface area contributed by atoms with E-state index >= 15 is 0 Å². The summed E-state index contributed by atoms with van der Waals surface area (Å²) in [6, 6.07) is 8.55. The smallest absolute Gasteiger partial charge is 0.229 e. The molecular weight excluding hydrogens is 384 g/mol. The van der Waals surface area contributed by atoms with E-state index in [1.807, 2.05) is 12.1 Å². The number of carbonyl (C=O) groups is 2. The minimum atomic E-state index is -0.103. The number of hydrogen-bond donors (Lipinski definition) is 0. The average molecular weight is 417 g/mol. The van der Waals surface area contributed by atoms with Crippen molar-refractivity contribution in [1.82, 2.24) is 9.88 Å². The van der Waals surface area contributed by atoms with E-state index in [1.54, 1.807) is 6.20 Å². The summed E-state index contributed by atoms with van der Waals surface area (Å²) < 4.78 is 0. The van der Waals surface area contributed by atoms with E-state index in [0.717, 1.165) is 22.4 Å². The van der Waals surface area contributed by atoms with Crippen molar-refractivity contribution in [2.45, 2.75) is 77.7 Å². The fourth-order valence-corrected chi connectivity index (χ4v) is 4.86. The zero-order chi connectivity index (χ0) is 22.6. The Morgan fingerprint density at radius 2 is 1.58 bits per heavy atom. The van der Waals surface area contributed by atoms with Crippen LogP contribution in [0.25, 0.3) is 5.57 Å². The van der Waals surface area contributed by atoms with Crippen molar-refractivity contribution in [3.63, 3.8) is 0 Å². The Labute approximate surface area is 185 Å². The van der Waals surface area contributed by atoms with Crippen LogP contribution in [0.5, 0.6) is 0 Å². The number of benzene rings is 1. The van der Waals surface area contributed by atoms with Crippen LogP contribution in [0.15, 0.2) is 37.0 Å². The number of likely N-dealkylation sites (tertiary alicyclic amines) is 1. The highest BCUT2D eigenvalue weighted by molar-refractivity contribution is 6.01. The van der Waals surface area contributed by atoms with Crippen LogP contribution < -0.4 is 0 Å². The highest BCUT2D eigenvalue weighted by Gasteiger charge is 2.37. The normalized spacial score (nSPS) is 19.5. The van der Waals surface area contributed by atoms with Crippen LogP contribution >= 0.6 is 0 Å². The van der Waals surface area contributed by atoms with Gasteiger partial charge in [0.05, 0.1) is 12.2 Å². The van der Waals surface area contributed by atoms with Crippen molar-refractivity contribution in [3.8, 4) is 0 Å². The van der Waals surface area contributed by atoms with Gasteiger partial charge in [0.15, 0.2) is 0 Å². The molecule has 0 bridgehead atoms. The summed E-state index contributed by atoms with van der Waals surface area (Å²) in [6.07, 6.45) is 4.73. The van der Waals surface area contributed by atoms with Gasteiger partial charge < -0.3 is 0 Å². The lowest BCUT2D eigenvalue weighted by molar-refractivity contribution is -0.139. The molecule has 31 heavy (non-hydrogen) atoms. The molecule has 1 aliphatic heterocycles. The molecule has 1 saturated heterocycles. The summed E-state index contributed by atoms with van der Waals surface area (Å²) in [5, 5.41) is 0. The highest BCUT2D eigenvalue weighted by atomic mass is 16.2. The summed E-state index contributed by atoms with van der Waals surface area (Å²) in [4.78, 5) is 29.7. The van der Waals surface area contributed by atoms with Crippen molar-refractivity contribution >= 4 is 17.4 Å². The van der Waals surface area contributed by atoms with E-state index < -0.39 is 0 Å². The van der Waals surface area contributed by atoms with Gasteiger partial charge in [-0.2, -0.15) is 0 Å². The summed E-state index contributed by atoms with van der Waals surface area (Å²) in [5.74, 6) is -0.206. The molecule has 162 valence electrons. The van der Waals surface area contributed by atoms with Gasteiger partial charge in [-0.15, -0.1) is 0 Å². The first-order valence-corrected chi connectivity index (χ1v) is 11.1. The van der Waals surface area contributed by atoms with Gasteiger partial charge >= 0.3 is 0 Å². The van der Waals surface area contributed by atoms with Gasteiger partial charge in [0.2, 0.25) is 11.8 Å². The lowest BCUT2D eigenvalue weighted by atomic mass is 9.62. The second-order valence-corrected chi connectivity index (χ2v) is 10.4. The van der Waals surface area contributed by atoms with Crippen LogP contribution in [0.1, 0.15) is 86.9 Å². The van der Waals surface area contributed by atoms with E-state index in [2.05, 4.69) is 58.3 Å². The third-order valence-corrected chi connectivity index (χ3v) is 7.15. The van der Waals surface area contributed by atoms with Crippen LogP contribution in [-0.4, -0.2) is 21.7 Å². The second-order valence-electron chi connectivity index (χ2n) is 10.4. The topological polar surface area (TPSA) is 50.3 Å². The summed E-state index contributed by atoms with van der Waals surface area (Å²) in [5.41, 5.74) is 8.10. The molecule has 0 N–H and O–H groups in total. The number of nitrogens with zero attached hydrogens (tertiary/aromatic N) is 2. The zero-order valence-electron chi connectivity index (χ0n) is 19.3. The number of amides is 2. The van der Waals surface area contributed by atoms with E-state index in [9.17, 15) is 9.59 Å². The van der Waals surface area contributed by atoms with Crippen molar-refractivity contribution in [2.24, 2.45) is 0 Å². The molecule has 2 aliphatic rings. The van der Waals surface area contributed by atoms with E-state index in [1.165, 1.54) is 34.4 Å². The first kappa shape index (κ1) is 21.5. The quantitative estimate of drug-likeness (QED) is 0.623. The Hall–Kier alpha value is -2.75. The highest BCUT2D eigenvalue weighted by Crippen LogP contribution is 2.47. The zero-order valence-corrected chi connectivity index (χ0v) is 19.3. The largest absolute Gasteiger partial charge is 0.278 e. The third-order valence-electron chi connectivity index (χ3n) is 7.15. The lowest BCUT2D eigenvalue weighted by Crippen LogP contribution is -2.34. The Balaban J connectivity index is 1.63. The number of carbonyl (C=O) groups excluding carboxylic acids is 2. The molecule has 0 unspecified atom stereocenters.